The second kappa shape index (κ2) is 7.04. The average molecular weight is 336 g/mol. The van der Waals surface area contributed by atoms with E-state index in [-0.39, 0.29) is 0 Å². The SMILES string of the molecule is NC(=S)C[P+](c1ccccc1)(c1ccccc1)c1ccccc1. The lowest BCUT2D eigenvalue weighted by Gasteiger charge is -2.27. The topological polar surface area (TPSA) is 26.0 Å². The molecule has 23 heavy (non-hydrogen) atoms. The Morgan fingerprint density at radius 2 is 0.957 bits per heavy atom. The maximum atomic E-state index is 6.05. The Labute approximate surface area is 143 Å². The Balaban J connectivity index is 2.32. The normalized spacial score (nSPS) is 11.1. The molecular formula is C20H19NPS+. The Morgan fingerprint density at radius 1 is 0.652 bits per heavy atom. The lowest BCUT2D eigenvalue weighted by Crippen LogP contribution is -2.37. The van der Waals surface area contributed by atoms with Crippen molar-refractivity contribution in [3.63, 3.8) is 0 Å². The van der Waals surface area contributed by atoms with E-state index in [2.05, 4.69) is 91.0 Å². The molecule has 3 rings (SSSR count). The van der Waals surface area contributed by atoms with Crippen molar-refractivity contribution >= 4 is 40.4 Å². The number of thiocarbonyl (C=S) groups is 1. The fourth-order valence-corrected chi connectivity index (χ4v) is 7.54. The molecule has 114 valence electrons. The molecule has 0 aromatic heterocycles. The second-order valence-electron chi connectivity index (χ2n) is 5.44. The van der Waals surface area contributed by atoms with Crippen LogP contribution in [-0.4, -0.2) is 11.2 Å². The maximum absolute atomic E-state index is 6.05. The molecule has 0 saturated carbocycles. The minimum atomic E-state index is -1.88. The third-order valence-electron chi connectivity index (χ3n) is 3.98. The molecule has 0 amide bonds. The van der Waals surface area contributed by atoms with Gasteiger partial charge in [0.25, 0.3) is 0 Å². The minimum absolute atomic E-state index is 0.565. The number of hydrogen-bond donors (Lipinski definition) is 1. The molecule has 2 N–H and O–H groups in total. The van der Waals surface area contributed by atoms with Gasteiger partial charge in [0.15, 0.2) is 0 Å². The summed E-state index contributed by atoms with van der Waals surface area (Å²) in [6.07, 6.45) is 0.709. The van der Waals surface area contributed by atoms with Gasteiger partial charge in [0.2, 0.25) is 0 Å². The summed E-state index contributed by atoms with van der Waals surface area (Å²) in [5.41, 5.74) is 6.05. The van der Waals surface area contributed by atoms with Gasteiger partial charge >= 0.3 is 0 Å². The number of nitrogens with two attached hydrogens (primary N) is 1. The van der Waals surface area contributed by atoms with E-state index in [1.54, 1.807) is 0 Å². The van der Waals surface area contributed by atoms with Gasteiger partial charge in [-0.2, -0.15) is 0 Å². The van der Waals surface area contributed by atoms with Gasteiger partial charge in [-0.3, -0.25) is 0 Å². The second-order valence-corrected chi connectivity index (χ2v) is 9.45. The Bertz CT molecular complexity index is 676. The molecular weight excluding hydrogens is 317 g/mol. The summed E-state index contributed by atoms with van der Waals surface area (Å²) in [4.78, 5) is 0.565. The molecule has 0 aliphatic carbocycles. The molecule has 3 aromatic carbocycles. The number of rotatable bonds is 5. The van der Waals surface area contributed by atoms with E-state index >= 15 is 0 Å². The van der Waals surface area contributed by atoms with Gasteiger partial charge in [0.1, 0.15) is 34.3 Å². The molecule has 3 heteroatoms. The molecule has 0 unspecified atom stereocenters. The average Bonchev–Trinajstić information content (AvgIpc) is 2.62. The molecule has 0 bridgehead atoms. The van der Waals surface area contributed by atoms with E-state index in [4.69, 9.17) is 18.0 Å². The van der Waals surface area contributed by atoms with Crippen LogP contribution in [0.2, 0.25) is 0 Å². The van der Waals surface area contributed by atoms with E-state index in [0.717, 1.165) is 0 Å². The van der Waals surface area contributed by atoms with Gasteiger partial charge in [-0.05, 0) is 36.4 Å². The minimum Gasteiger partial charge on any atom is -0.390 e. The largest absolute Gasteiger partial charge is 0.390 e. The van der Waals surface area contributed by atoms with Gasteiger partial charge in [0, 0.05) is 0 Å². The van der Waals surface area contributed by atoms with Crippen LogP contribution >= 0.6 is 19.5 Å². The van der Waals surface area contributed by atoms with Crippen LogP contribution in [0, 0.1) is 0 Å². The van der Waals surface area contributed by atoms with Crippen molar-refractivity contribution in [3.8, 4) is 0 Å². The fourth-order valence-electron chi connectivity index (χ4n) is 3.00. The Morgan fingerprint density at radius 3 is 1.22 bits per heavy atom. The van der Waals surface area contributed by atoms with Crippen molar-refractivity contribution in [3.05, 3.63) is 91.0 Å². The van der Waals surface area contributed by atoms with Crippen LogP contribution in [0.25, 0.3) is 0 Å². The molecule has 0 heterocycles. The first-order valence-electron chi connectivity index (χ1n) is 7.57. The predicted octanol–water partition coefficient (Wildman–Crippen LogP) is 3.27. The summed E-state index contributed by atoms with van der Waals surface area (Å²) in [5.74, 6) is 0. The van der Waals surface area contributed by atoms with Crippen molar-refractivity contribution in [1.29, 1.82) is 0 Å². The molecule has 0 spiro atoms. The van der Waals surface area contributed by atoms with Crippen LogP contribution in [0.4, 0.5) is 0 Å². The predicted molar refractivity (Wildman–Crippen MR) is 107 cm³/mol. The molecule has 0 atom stereocenters. The molecule has 0 saturated heterocycles. The van der Waals surface area contributed by atoms with Crippen molar-refractivity contribution in [2.75, 3.05) is 6.16 Å². The van der Waals surface area contributed by atoms with E-state index in [9.17, 15) is 0 Å². The summed E-state index contributed by atoms with van der Waals surface area (Å²) in [6, 6.07) is 31.9. The zero-order chi connectivity index (χ0) is 16.1. The maximum Gasteiger partial charge on any atom is 0.123 e. The summed E-state index contributed by atoms with van der Waals surface area (Å²) in [6.45, 7) is 0. The highest BCUT2D eigenvalue weighted by molar-refractivity contribution is 7.97. The molecule has 0 fully saturated rings. The standard InChI is InChI=1S/C20H18NPS/c21-20(23)16-22(17-10-4-1-5-11-17,18-12-6-2-7-13-18)19-14-8-3-9-15-19/h1-15H,16H2,(H-,21,23)/p+1. The van der Waals surface area contributed by atoms with E-state index in [0.29, 0.717) is 11.2 Å². The number of hydrogen-bond acceptors (Lipinski definition) is 1. The lowest BCUT2D eigenvalue weighted by molar-refractivity contribution is 1.66. The highest BCUT2D eigenvalue weighted by Gasteiger charge is 2.45. The smallest absolute Gasteiger partial charge is 0.123 e. The van der Waals surface area contributed by atoms with Gasteiger partial charge < -0.3 is 5.73 Å². The van der Waals surface area contributed by atoms with Crippen LogP contribution in [-0.2, 0) is 0 Å². The molecule has 0 aliphatic heterocycles. The molecule has 1 nitrogen and oxygen atoms in total. The summed E-state index contributed by atoms with van der Waals surface area (Å²) in [7, 11) is -1.88. The summed E-state index contributed by atoms with van der Waals surface area (Å²) < 4.78 is 0. The first-order valence-corrected chi connectivity index (χ1v) is 9.95. The van der Waals surface area contributed by atoms with Gasteiger partial charge in [-0.15, -0.1) is 0 Å². The molecule has 3 aromatic rings. The van der Waals surface area contributed by atoms with Crippen molar-refractivity contribution in [1.82, 2.24) is 0 Å². The molecule has 0 radical (unpaired) electrons. The van der Waals surface area contributed by atoms with E-state index in [1.807, 2.05) is 0 Å². The number of benzene rings is 3. The Kier molecular flexibility index (Phi) is 4.85. The van der Waals surface area contributed by atoms with Gasteiger partial charge in [-0.25, -0.2) is 0 Å². The zero-order valence-corrected chi connectivity index (χ0v) is 14.5. The van der Waals surface area contributed by atoms with Crippen molar-refractivity contribution in [2.24, 2.45) is 5.73 Å². The summed E-state index contributed by atoms with van der Waals surface area (Å²) >= 11 is 5.35. The van der Waals surface area contributed by atoms with Gasteiger partial charge in [-0.1, -0.05) is 66.8 Å². The third kappa shape index (κ3) is 3.19. The quantitative estimate of drug-likeness (QED) is 0.572. The third-order valence-corrected chi connectivity index (χ3v) is 8.70. The summed E-state index contributed by atoms with van der Waals surface area (Å²) in [5, 5.41) is 3.93. The fraction of sp³-hybridized carbons (Fsp3) is 0.0500. The zero-order valence-electron chi connectivity index (χ0n) is 12.8. The Hall–Kier alpha value is -2.02. The lowest BCUT2D eigenvalue weighted by atomic mass is 10.4. The van der Waals surface area contributed by atoms with E-state index < -0.39 is 7.26 Å². The van der Waals surface area contributed by atoms with Crippen LogP contribution < -0.4 is 21.6 Å². The van der Waals surface area contributed by atoms with Crippen LogP contribution in [0.1, 0.15) is 0 Å². The van der Waals surface area contributed by atoms with Crippen LogP contribution in [0.15, 0.2) is 91.0 Å². The first kappa shape index (κ1) is 15.9. The van der Waals surface area contributed by atoms with E-state index in [1.165, 1.54) is 15.9 Å². The monoisotopic (exact) mass is 336 g/mol. The highest BCUT2D eigenvalue weighted by Crippen LogP contribution is 2.54. The molecule has 0 aliphatic rings. The van der Waals surface area contributed by atoms with Crippen molar-refractivity contribution in [2.45, 2.75) is 0 Å². The van der Waals surface area contributed by atoms with Crippen LogP contribution in [0.5, 0.6) is 0 Å². The van der Waals surface area contributed by atoms with Gasteiger partial charge in [0.05, 0.1) is 0 Å². The highest BCUT2D eigenvalue weighted by atomic mass is 32.1. The first-order chi connectivity index (χ1) is 11.2. The van der Waals surface area contributed by atoms with Crippen LogP contribution in [0.3, 0.4) is 0 Å². The van der Waals surface area contributed by atoms with Crippen molar-refractivity contribution < 1.29 is 0 Å².